The van der Waals surface area contributed by atoms with E-state index in [1.807, 2.05) is 37.6 Å². The maximum absolute atomic E-state index is 4.89. The molecule has 0 radical (unpaired) electrons. The molecule has 1 N–H and O–H groups in total. The van der Waals surface area contributed by atoms with Crippen molar-refractivity contribution in [2.45, 2.75) is 0 Å². The zero-order valence-corrected chi connectivity index (χ0v) is 15.4. The summed E-state index contributed by atoms with van der Waals surface area (Å²) >= 11 is 0. The van der Waals surface area contributed by atoms with E-state index < -0.39 is 0 Å². The molecule has 3 aromatic heterocycles. The Bertz CT molecular complexity index is 1060. The molecule has 3 heterocycles. The molecule has 0 amide bonds. The summed E-state index contributed by atoms with van der Waals surface area (Å²) in [7, 11) is 8.10. The number of benzene rings is 1. The van der Waals surface area contributed by atoms with Gasteiger partial charge in [0.15, 0.2) is 11.5 Å². The average molecular weight is 350 g/mol. The van der Waals surface area contributed by atoms with Crippen LogP contribution in [0.1, 0.15) is 0 Å². The molecule has 0 atom stereocenters. The summed E-state index contributed by atoms with van der Waals surface area (Å²) in [5, 5.41) is 13.5. The van der Waals surface area contributed by atoms with E-state index >= 15 is 0 Å². The number of aryl methyl sites for hydroxylation is 1. The van der Waals surface area contributed by atoms with Crippen LogP contribution >= 0.6 is 0 Å². The van der Waals surface area contributed by atoms with E-state index in [0.717, 1.165) is 46.4 Å². The maximum atomic E-state index is 4.89. The molecule has 0 spiro atoms. The SMILES string of the molecule is CN(C)CCN(C)c1nc(-c2cccc3[nH]ncc23)nc2c1cnn2C. The third-order valence-corrected chi connectivity index (χ3v) is 4.54. The Labute approximate surface area is 151 Å². The number of likely N-dealkylation sites (N-methyl/N-ethyl adjacent to an activating group) is 2. The minimum Gasteiger partial charge on any atom is -0.358 e. The Morgan fingerprint density at radius 2 is 1.88 bits per heavy atom. The first-order valence-corrected chi connectivity index (χ1v) is 8.52. The lowest BCUT2D eigenvalue weighted by molar-refractivity contribution is 0.416. The topological polar surface area (TPSA) is 78.8 Å². The number of anilines is 1. The van der Waals surface area contributed by atoms with Crippen molar-refractivity contribution in [3.63, 3.8) is 0 Å². The number of nitrogens with zero attached hydrogens (tertiary/aromatic N) is 7. The maximum Gasteiger partial charge on any atom is 0.164 e. The Hall–Kier alpha value is -3.00. The number of fused-ring (bicyclic) bond motifs is 2. The van der Waals surface area contributed by atoms with Crippen LogP contribution in [-0.4, -0.2) is 69.1 Å². The highest BCUT2D eigenvalue weighted by Gasteiger charge is 2.17. The van der Waals surface area contributed by atoms with Gasteiger partial charge in [-0.15, -0.1) is 0 Å². The van der Waals surface area contributed by atoms with Crippen LogP contribution in [0.4, 0.5) is 5.82 Å². The Kier molecular flexibility index (Phi) is 4.04. The normalized spacial score (nSPS) is 11.7. The minimum atomic E-state index is 0.680. The van der Waals surface area contributed by atoms with Crippen molar-refractivity contribution < 1.29 is 0 Å². The molecule has 4 rings (SSSR count). The van der Waals surface area contributed by atoms with Crippen LogP contribution in [0.2, 0.25) is 0 Å². The van der Waals surface area contributed by atoms with E-state index in [-0.39, 0.29) is 0 Å². The van der Waals surface area contributed by atoms with E-state index in [0.29, 0.717) is 5.82 Å². The second-order valence-corrected chi connectivity index (χ2v) is 6.74. The van der Waals surface area contributed by atoms with E-state index in [9.17, 15) is 0 Å². The molecule has 8 nitrogen and oxygen atoms in total. The highest BCUT2D eigenvalue weighted by atomic mass is 15.3. The van der Waals surface area contributed by atoms with Crippen molar-refractivity contribution >= 4 is 27.8 Å². The highest BCUT2D eigenvalue weighted by molar-refractivity contribution is 5.95. The lowest BCUT2D eigenvalue weighted by Crippen LogP contribution is -2.29. The molecule has 0 aliphatic carbocycles. The molecule has 4 aromatic rings. The number of nitrogens with one attached hydrogen (secondary N) is 1. The van der Waals surface area contributed by atoms with Gasteiger partial charge in [-0.1, -0.05) is 12.1 Å². The highest BCUT2D eigenvalue weighted by Crippen LogP contribution is 2.30. The van der Waals surface area contributed by atoms with E-state index in [1.165, 1.54) is 0 Å². The van der Waals surface area contributed by atoms with E-state index in [1.54, 1.807) is 4.68 Å². The number of rotatable bonds is 5. The first-order valence-electron chi connectivity index (χ1n) is 8.52. The zero-order valence-electron chi connectivity index (χ0n) is 15.4. The molecule has 0 saturated carbocycles. The van der Waals surface area contributed by atoms with Gasteiger partial charge in [0.1, 0.15) is 5.82 Å². The molecular weight excluding hydrogens is 328 g/mol. The predicted octanol–water partition coefficient (Wildman–Crippen LogP) is 1.90. The third kappa shape index (κ3) is 2.78. The van der Waals surface area contributed by atoms with Gasteiger partial charge in [0.2, 0.25) is 0 Å². The quantitative estimate of drug-likeness (QED) is 0.592. The van der Waals surface area contributed by atoms with Crippen LogP contribution in [0.25, 0.3) is 33.3 Å². The van der Waals surface area contributed by atoms with Gasteiger partial charge in [0.25, 0.3) is 0 Å². The van der Waals surface area contributed by atoms with Crippen molar-refractivity contribution in [2.24, 2.45) is 7.05 Å². The second kappa shape index (κ2) is 6.38. The molecule has 0 fully saturated rings. The van der Waals surface area contributed by atoms with Crippen molar-refractivity contribution in [1.29, 1.82) is 0 Å². The predicted molar refractivity (Wildman–Crippen MR) is 103 cm³/mol. The smallest absolute Gasteiger partial charge is 0.164 e. The second-order valence-electron chi connectivity index (χ2n) is 6.74. The lowest BCUT2D eigenvalue weighted by atomic mass is 10.1. The summed E-state index contributed by atoms with van der Waals surface area (Å²) in [4.78, 5) is 14.0. The van der Waals surface area contributed by atoms with Crippen LogP contribution < -0.4 is 4.90 Å². The molecule has 26 heavy (non-hydrogen) atoms. The number of aromatic nitrogens is 6. The number of H-pyrrole nitrogens is 1. The summed E-state index contributed by atoms with van der Waals surface area (Å²) in [5.41, 5.74) is 2.75. The summed E-state index contributed by atoms with van der Waals surface area (Å²) < 4.78 is 1.79. The number of aromatic amines is 1. The molecular formula is C18H22N8. The Balaban J connectivity index is 1.88. The summed E-state index contributed by atoms with van der Waals surface area (Å²) in [6.07, 6.45) is 3.65. The van der Waals surface area contributed by atoms with Gasteiger partial charge in [0, 0.05) is 38.1 Å². The van der Waals surface area contributed by atoms with Crippen LogP contribution in [0.5, 0.6) is 0 Å². The third-order valence-electron chi connectivity index (χ3n) is 4.54. The first kappa shape index (κ1) is 16.5. The van der Waals surface area contributed by atoms with Crippen LogP contribution in [0, 0.1) is 0 Å². The lowest BCUT2D eigenvalue weighted by Gasteiger charge is -2.21. The molecule has 0 bridgehead atoms. The summed E-state index contributed by atoms with van der Waals surface area (Å²) in [6.45, 7) is 1.80. The van der Waals surface area contributed by atoms with Gasteiger partial charge >= 0.3 is 0 Å². The first-order chi connectivity index (χ1) is 12.5. The van der Waals surface area contributed by atoms with Crippen LogP contribution in [0.15, 0.2) is 30.6 Å². The summed E-state index contributed by atoms with van der Waals surface area (Å²) in [5.74, 6) is 1.57. The number of hydrogen-bond acceptors (Lipinski definition) is 6. The van der Waals surface area contributed by atoms with Gasteiger partial charge in [-0.2, -0.15) is 10.2 Å². The van der Waals surface area contributed by atoms with Crippen molar-refractivity contribution in [3.05, 3.63) is 30.6 Å². The largest absolute Gasteiger partial charge is 0.358 e. The molecule has 0 unspecified atom stereocenters. The monoisotopic (exact) mass is 350 g/mol. The van der Waals surface area contributed by atoms with Crippen molar-refractivity contribution in [1.82, 2.24) is 34.8 Å². The van der Waals surface area contributed by atoms with Gasteiger partial charge in [-0.25, -0.2) is 9.97 Å². The minimum absolute atomic E-state index is 0.680. The molecule has 1 aromatic carbocycles. The van der Waals surface area contributed by atoms with Crippen LogP contribution in [0.3, 0.4) is 0 Å². The average Bonchev–Trinajstić information content (AvgIpc) is 3.25. The fourth-order valence-electron chi connectivity index (χ4n) is 3.04. The van der Waals surface area contributed by atoms with E-state index in [2.05, 4.69) is 46.2 Å². The number of hydrogen-bond donors (Lipinski definition) is 1. The van der Waals surface area contributed by atoms with Crippen molar-refractivity contribution in [2.75, 3.05) is 39.1 Å². The van der Waals surface area contributed by atoms with Gasteiger partial charge in [0.05, 0.1) is 23.3 Å². The van der Waals surface area contributed by atoms with Gasteiger partial charge in [-0.3, -0.25) is 9.78 Å². The van der Waals surface area contributed by atoms with Gasteiger partial charge in [-0.05, 0) is 20.2 Å². The fraction of sp³-hybridized carbons (Fsp3) is 0.333. The standard InChI is InChI=1S/C18H22N8/c1-24(2)8-9-25(3)17-14-11-20-26(4)18(14)22-16(21-17)12-6-5-7-15-13(12)10-19-23-15/h5-7,10-11H,8-9H2,1-4H3,(H,19,23). The Morgan fingerprint density at radius 1 is 1.04 bits per heavy atom. The Morgan fingerprint density at radius 3 is 2.69 bits per heavy atom. The molecule has 134 valence electrons. The summed E-state index contributed by atoms with van der Waals surface area (Å²) in [6, 6.07) is 6.01. The molecule has 0 aliphatic rings. The zero-order chi connectivity index (χ0) is 18.3. The molecule has 0 saturated heterocycles. The fourth-order valence-corrected chi connectivity index (χ4v) is 3.04. The molecule has 8 heteroatoms. The van der Waals surface area contributed by atoms with Gasteiger partial charge < -0.3 is 9.80 Å². The van der Waals surface area contributed by atoms with Crippen LogP contribution in [-0.2, 0) is 7.05 Å². The van der Waals surface area contributed by atoms with Crippen molar-refractivity contribution in [3.8, 4) is 11.4 Å². The van der Waals surface area contributed by atoms with E-state index in [4.69, 9.17) is 9.97 Å². The molecule has 0 aliphatic heterocycles.